The smallest absolute Gasteiger partial charge is 0.230 e. The van der Waals surface area contributed by atoms with Crippen LogP contribution in [0.15, 0.2) is 36.7 Å². The molecule has 8 heteroatoms. The van der Waals surface area contributed by atoms with E-state index in [1.54, 1.807) is 12.3 Å². The summed E-state index contributed by atoms with van der Waals surface area (Å²) in [6, 6.07) is 5.63. The SMILES string of the molecule is COc1cc(NC(=O)Cc2ccc(C3=CC4CCC3CN4C#N)nc2)ncc1Cl. The molecule has 2 aliphatic heterocycles. The molecule has 2 bridgehead atoms. The molecule has 0 saturated carbocycles. The van der Waals surface area contributed by atoms with E-state index in [2.05, 4.69) is 27.6 Å². The Morgan fingerprint density at radius 3 is 2.90 bits per heavy atom. The van der Waals surface area contributed by atoms with Crippen LogP contribution in [0, 0.1) is 17.4 Å². The van der Waals surface area contributed by atoms with Crippen molar-refractivity contribution in [2.75, 3.05) is 19.0 Å². The molecular weight excluding hydrogens is 390 g/mol. The van der Waals surface area contributed by atoms with Gasteiger partial charge in [0, 0.05) is 24.7 Å². The van der Waals surface area contributed by atoms with Crippen molar-refractivity contribution in [3.8, 4) is 11.9 Å². The molecule has 7 nitrogen and oxygen atoms in total. The van der Waals surface area contributed by atoms with E-state index in [-0.39, 0.29) is 18.4 Å². The summed E-state index contributed by atoms with van der Waals surface area (Å²) in [6.45, 7) is 0.760. The number of carbonyl (C=O) groups excluding carboxylic acids is 1. The number of nitrogens with one attached hydrogen (secondary N) is 1. The second kappa shape index (κ2) is 8.10. The van der Waals surface area contributed by atoms with E-state index in [9.17, 15) is 10.1 Å². The number of methoxy groups -OCH3 is 1. The van der Waals surface area contributed by atoms with Crippen molar-refractivity contribution in [1.82, 2.24) is 14.9 Å². The van der Waals surface area contributed by atoms with Crippen LogP contribution in [0.5, 0.6) is 5.75 Å². The monoisotopic (exact) mass is 409 g/mol. The number of nitriles is 1. The molecule has 1 amide bonds. The molecule has 1 saturated heterocycles. The number of amides is 1. The Balaban J connectivity index is 1.41. The van der Waals surface area contributed by atoms with Crippen LogP contribution in [0.1, 0.15) is 24.1 Å². The van der Waals surface area contributed by atoms with Gasteiger partial charge in [0.25, 0.3) is 0 Å². The number of rotatable bonds is 5. The Morgan fingerprint density at radius 1 is 1.38 bits per heavy atom. The average molecular weight is 410 g/mol. The molecule has 2 atom stereocenters. The van der Waals surface area contributed by atoms with Gasteiger partial charge < -0.3 is 15.0 Å². The van der Waals surface area contributed by atoms with Crippen molar-refractivity contribution in [3.63, 3.8) is 0 Å². The number of halogens is 1. The van der Waals surface area contributed by atoms with Crippen molar-refractivity contribution in [2.24, 2.45) is 5.92 Å². The molecule has 0 aromatic carbocycles. The van der Waals surface area contributed by atoms with Gasteiger partial charge in [-0.25, -0.2) is 4.98 Å². The molecule has 29 heavy (non-hydrogen) atoms. The first-order valence-corrected chi connectivity index (χ1v) is 9.78. The Bertz CT molecular complexity index is 999. The highest BCUT2D eigenvalue weighted by atomic mass is 35.5. The van der Waals surface area contributed by atoms with Crippen molar-refractivity contribution in [1.29, 1.82) is 5.26 Å². The third-order valence-corrected chi connectivity index (χ3v) is 5.65. The van der Waals surface area contributed by atoms with Gasteiger partial charge in [-0.3, -0.25) is 9.78 Å². The van der Waals surface area contributed by atoms with Crippen molar-refractivity contribution in [3.05, 3.63) is 52.9 Å². The van der Waals surface area contributed by atoms with E-state index < -0.39 is 0 Å². The molecule has 0 radical (unpaired) electrons. The number of pyridine rings is 2. The minimum absolute atomic E-state index is 0.177. The Kier molecular flexibility index (Phi) is 5.36. The molecule has 2 aromatic heterocycles. The van der Waals surface area contributed by atoms with E-state index in [1.807, 2.05) is 17.0 Å². The highest BCUT2D eigenvalue weighted by Gasteiger charge is 2.35. The van der Waals surface area contributed by atoms with Gasteiger partial charge >= 0.3 is 0 Å². The van der Waals surface area contributed by atoms with Crippen molar-refractivity contribution in [2.45, 2.75) is 25.3 Å². The van der Waals surface area contributed by atoms with Crippen LogP contribution in [-0.2, 0) is 11.2 Å². The average Bonchev–Trinajstić information content (AvgIpc) is 2.75. The number of hydrogen-bond donors (Lipinski definition) is 1. The van der Waals surface area contributed by atoms with Crippen LogP contribution < -0.4 is 10.1 Å². The number of fused-ring (bicyclic) bond motifs is 2. The summed E-state index contributed by atoms with van der Waals surface area (Å²) in [5.41, 5.74) is 2.94. The van der Waals surface area contributed by atoms with Crippen LogP contribution in [0.4, 0.5) is 5.82 Å². The van der Waals surface area contributed by atoms with Crippen molar-refractivity contribution >= 4 is 28.9 Å². The first-order valence-electron chi connectivity index (χ1n) is 9.40. The number of ether oxygens (including phenoxy) is 1. The second-order valence-electron chi connectivity index (χ2n) is 7.20. The number of hydrogen-bond acceptors (Lipinski definition) is 6. The highest BCUT2D eigenvalue weighted by molar-refractivity contribution is 6.32. The zero-order valence-corrected chi connectivity index (χ0v) is 16.7. The summed E-state index contributed by atoms with van der Waals surface area (Å²) < 4.78 is 5.13. The zero-order chi connectivity index (χ0) is 20.4. The first kappa shape index (κ1) is 19.2. The second-order valence-corrected chi connectivity index (χ2v) is 7.60. The number of piperidine rings is 1. The summed E-state index contributed by atoms with van der Waals surface area (Å²) in [6.07, 6.45) is 9.89. The lowest BCUT2D eigenvalue weighted by Crippen LogP contribution is -2.43. The van der Waals surface area contributed by atoms with Gasteiger partial charge in [-0.1, -0.05) is 23.7 Å². The van der Waals surface area contributed by atoms with E-state index in [0.717, 1.165) is 30.6 Å². The topological polar surface area (TPSA) is 91.1 Å². The van der Waals surface area contributed by atoms with Gasteiger partial charge in [0.05, 0.1) is 31.5 Å². The third kappa shape index (κ3) is 4.03. The van der Waals surface area contributed by atoms with Gasteiger partial charge in [-0.05, 0) is 30.0 Å². The van der Waals surface area contributed by atoms with Gasteiger partial charge in [0.15, 0.2) is 6.19 Å². The van der Waals surface area contributed by atoms with E-state index in [0.29, 0.717) is 22.5 Å². The molecule has 2 unspecified atom stereocenters. The fourth-order valence-corrected chi connectivity index (χ4v) is 4.07. The molecule has 0 spiro atoms. The fraction of sp³-hybridized carbons (Fsp3) is 0.333. The van der Waals surface area contributed by atoms with Crippen LogP contribution in [-0.4, -0.2) is 40.5 Å². The first-order chi connectivity index (χ1) is 14.1. The largest absolute Gasteiger partial charge is 0.495 e. The van der Waals surface area contributed by atoms with E-state index >= 15 is 0 Å². The Labute approximate surface area is 174 Å². The van der Waals surface area contributed by atoms with Crippen molar-refractivity contribution < 1.29 is 9.53 Å². The lowest BCUT2D eigenvalue weighted by molar-refractivity contribution is -0.115. The number of anilines is 1. The maximum absolute atomic E-state index is 12.3. The van der Waals surface area contributed by atoms with Gasteiger partial charge in [-0.2, -0.15) is 5.26 Å². The molecule has 5 rings (SSSR count). The lowest BCUT2D eigenvalue weighted by Gasteiger charge is -2.41. The van der Waals surface area contributed by atoms with Gasteiger partial charge in [0.1, 0.15) is 16.6 Å². The van der Waals surface area contributed by atoms with Crippen LogP contribution in [0.3, 0.4) is 0 Å². The van der Waals surface area contributed by atoms with Crippen LogP contribution in [0.2, 0.25) is 5.02 Å². The molecule has 3 aliphatic rings. The van der Waals surface area contributed by atoms with Crippen LogP contribution >= 0.6 is 11.6 Å². The number of nitrogens with zero attached hydrogens (tertiary/aromatic N) is 4. The molecule has 1 fully saturated rings. The quantitative estimate of drug-likeness (QED) is 0.762. The maximum Gasteiger partial charge on any atom is 0.230 e. The summed E-state index contributed by atoms with van der Waals surface area (Å²) in [7, 11) is 1.51. The molecular formula is C21H20ClN5O2. The summed E-state index contributed by atoms with van der Waals surface area (Å²) in [5.74, 6) is 0.976. The lowest BCUT2D eigenvalue weighted by atomic mass is 9.78. The molecule has 1 N–H and O–H groups in total. The standard InChI is InChI=1S/C21H20ClN5O2/c1-29-19-8-20(25-10-17(19)22)26-21(28)6-13-2-5-18(24-9-13)16-7-15-4-3-14(16)11-27(15)12-23/h2,5,7-10,14-15H,3-4,6,11H2,1H3,(H,25,26,28). The molecule has 1 aliphatic carbocycles. The normalized spacial score (nSPS) is 20.0. The Morgan fingerprint density at radius 2 is 2.24 bits per heavy atom. The molecule has 2 aromatic rings. The fourth-order valence-electron chi connectivity index (χ4n) is 3.89. The van der Waals surface area contributed by atoms with Crippen LogP contribution in [0.25, 0.3) is 5.57 Å². The summed E-state index contributed by atoms with van der Waals surface area (Å²) >= 11 is 5.95. The predicted molar refractivity (Wildman–Crippen MR) is 109 cm³/mol. The number of carbonyl (C=O) groups is 1. The molecule has 148 valence electrons. The minimum Gasteiger partial charge on any atom is -0.495 e. The highest BCUT2D eigenvalue weighted by Crippen LogP contribution is 2.38. The summed E-state index contributed by atoms with van der Waals surface area (Å²) in [4.78, 5) is 22.8. The molecule has 4 heterocycles. The third-order valence-electron chi connectivity index (χ3n) is 5.36. The van der Waals surface area contributed by atoms with Gasteiger partial charge in [-0.15, -0.1) is 0 Å². The predicted octanol–water partition coefficient (Wildman–Crippen LogP) is 3.28. The number of aromatic nitrogens is 2. The van der Waals surface area contributed by atoms with E-state index in [1.165, 1.54) is 18.9 Å². The minimum atomic E-state index is -0.197. The van der Waals surface area contributed by atoms with E-state index in [4.69, 9.17) is 16.3 Å². The zero-order valence-electron chi connectivity index (χ0n) is 15.9. The van der Waals surface area contributed by atoms with Gasteiger partial charge in [0.2, 0.25) is 5.91 Å². The summed E-state index contributed by atoms with van der Waals surface area (Å²) in [5, 5.41) is 12.3. The maximum atomic E-state index is 12.3. The Hall–Kier alpha value is -3.11.